The summed E-state index contributed by atoms with van der Waals surface area (Å²) >= 11 is 0. The van der Waals surface area contributed by atoms with E-state index in [1.54, 1.807) is 0 Å². The molecule has 14 heavy (non-hydrogen) atoms. The Morgan fingerprint density at radius 2 is 2.29 bits per heavy atom. The number of hydrogen-bond acceptors (Lipinski definition) is 3. The summed E-state index contributed by atoms with van der Waals surface area (Å²) < 4.78 is 0. The molecule has 0 aromatic carbocycles. The smallest absolute Gasteiger partial charge is 0.0638 e. The van der Waals surface area contributed by atoms with Crippen LogP contribution in [-0.4, -0.2) is 36.1 Å². The first-order chi connectivity index (χ1) is 6.61. The molecule has 0 saturated carbocycles. The molecule has 1 heterocycles. The van der Waals surface area contributed by atoms with E-state index in [1.807, 2.05) is 0 Å². The second kappa shape index (κ2) is 4.77. The highest BCUT2D eigenvalue weighted by molar-refractivity contribution is 4.94. The molecular weight excluding hydrogens is 174 g/mol. The fraction of sp³-hybridized carbons (Fsp3) is 0.909. The third-order valence-electron chi connectivity index (χ3n) is 3.18. The lowest BCUT2D eigenvalue weighted by Gasteiger charge is -2.40. The van der Waals surface area contributed by atoms with Gasteiger partial charge in [0.2, 0.25) is 0 Å². The molecule has 1 saturated heterocycles. The number of rotatable bonds is 2. The minimum absolute atomic E-state index is 0.222. The van der Waals surface area contributed by atoms with Crippen molar-refractivity contribution in [2.45, 2.75) is 45.2 Å². The Bertz CT molecular complexity index is 217. The summed E-state index contributed by atoms with van der Waals surface area (Å²) in [6.07, 6.45) is 1.78. The van der Waals surface area contributed by atoms with Gasteiger partial charge in [-0.2, -0.15) is 5.26 Å². The summed E-state index contributed by atoms with van der Waals surface area (Å²) in [5.41, 5.74) is 0.222. The minimum atomic E-state index is 0.222. The molecule has 0 amide bonds. The maximum absolute atomic E-state index is 8.79. The summed E-state index contributed by atoms with van der Waals surface area (Å²) in [5, 5.41) is 12.2. The summed E-state index contributed by atoms with van der Waals surface area (Å²) in [6, 6.07) is 2.66. The zero-order valence-electron chi connectivity index (χ0n) is 9.51. The number of nitrogens with zero attached hydrogens (tertiary/aromatic N) is 2. The van der Waals surface area contributed by atoms with Gasteiger partial charge in [-0.25, -0.2) is 0 Å². The van der Waals surface area contributed by atoms with Gasteiger partial charge in [-0.15, -0.1) is 0 Å². The molecule has 1 aliphatic rings. The maximum Gasteiger partial charge on any atom is 0.0638 e. The molecular formula is C11H21N3. The van der Waals surface area contributed by atoms with Crippen molar-refractivity contribution >= 4 is 0 Å². The summed E-state index contributed by atoms with van der Waals surface area (Å²) in [7, 11) is 0. The second-order valence-corrected chi connectivity index (χ2v) is 4.57. The monoisotopic (exact) mass is 195 g/mol. The molecule has 0 spiro atoms. The van der Waals surface area contributed by atoms with Gasteiger partial charge in [0, 0.05) is 18.1 Å². The van der Waals surface area contributed by atoms with E-state index in [9.17, 15) is 0 Å². The van der Waals surface area contributed by atoms with Crippen LogP contribution in [0.4, 0.5) is 0 Å². The molecule has 0 bridgehead atoms. The molecule has 1 N–H and O–H groups in total. The molecule has 1 rings (SSSR count). The minimum Gasteiger partial charge on any atom is -0.315 e. The average Bonchev–Trinajstić information content (AvgIpc) is 2.25. The number of hydrogen-bond donors (Lipinski definition) is 1. The van der Waals surface area contributed by atoms with E-state index in [4.69, 9.17) is 5.26 Å². The van der Waals surface area contributed by atoms with E-state index in [-0.39, 0.29) is 5.54 Å². The van der Waals surface area contributed by atoms with E-state index in [2.05, 4.69) is 37.1 Å². The zero-order valence-corrected chi connectivity index (χ0v) is 9.51. The molecule has 0 aromatic rings. The van der Waals surface area contributed by atoms with Crippen molar-refractivity contribution in [1.82, 2.24) is 10.2 Å². The van der Waals surface area contributed by atoms with E-state index >= 15 is 0 Å². The molecule has 1 fully saturated rings. The molecule has 1 aliphatic heterocycles. The van der Waals surface area contributed by atoms with E-state index in [0.717, 1.165) is 26.1 Å². The van der Waals surface area contributed by atoms with Gasteiger partial charge in [-0.05, 0) is 33.4 Å². The van der Waals surface area contributed by atoms with Gasteiger partial charge in [-0.1, -0.05) is 6.92 Å². The lowest BCUT2D eigenvalue weighted by atomic mass is 9.96. The quantitative estimate of drug-likeness (QED) is 0.723. The Hall–Kier alpha value is -0.590. The fourth-order valence-corrected chi connectivity index (χ4v) is 2.38. The predicted molar refractivity (Wildman–Crippen MR) is 58.0 cm³/mol. The van der Waals surface area contributed by atoms with Crippen molar-refractivity contribution in [2.75, 3.05) is 19.6 Å². The van der Waals surface area contributed by atoms with Gasteiger partial charge in [0.1, 0.15) is 0 Å². The van der Waals surface area contributed by atoms with Crippen LogP contribution < -0.4 is 5.32 Å². The van der Waals surface area contributed by atoms with Crippen LogP contribution in [0.1, 0.15) is 33.6 Å². The Balaban J connectivity index is 2.77. The Kier molecular flexibility index (Phi) is 3.91. The lowest BCUT2D eigenvalue weighted by Crippen LogP contribution is -2.50. The second-order valence-electron chi connectivity index (χ2n) is 4.57. The SMILES string of the molecule is CCN1C(CC#N)CNCCC1(C)C. The normalized spacial score (nSPS) is 28.0. The molecule has 0 radical (unpaired) electrons. The Labute approximate surface area is 87.1 Å². The van der Waals surface area contributed by atoms with Crippen molar-refractivity contribution < 1.29 is 0 Å². The summed E-state index contributed by atoms with van der Waals surface area (Å²) in [6.45, 7) is 9.76. The molecule has 1 atom stereocenters. The Morgan fingerprint density at radius 1 is 1.57 bits per heavy atom. The maximum atomic E-state index is 8.79. The van der Waals surface area contributed by atoms with Crippen LogP contribution in [0.5, 0.6) is 0 Å². The van der Waals surface area contributed by atoms with Gasteiger partial charge in [0.15, 0.2) is 0 Å². The van der Waals surface area contributed by atoms with Crippen molar-refractivity contribution in [3.8, 4) is 6.07 Å². The predicted octanol–water partition coefficient (Wildman–Crippen LogP) is 1.36. The van der Waals surface area contributed by atoms with Crippen LogP contribution in [0, 0.1) is 11.3 Å². The van der Waals surface area contributed by atoms with Gasteiger partial charge < -0.3 is 5.32 Å². The highest BCUT2D eigenvalue weighted by Crippen LogP contribution is 2.24. The molecule has 0 aliphatic carbocycles. The van der Waals surface area contributed by atoms with E-state index in [0.29, 0.717) is 12.5 Å². The van der Waals surface area contributed by atoms with Crippen molar-refractivity contribution in [3.05, 3.63) is 0 Å². The zero-order chi connectivity index (χ0) is 10.6. The average molecular weight is 195 g/mol. The van der Waals surface area contributed by atoms with Crippen LogP contribution in [0.25, 0.3) is 0 Å². The van der Waals surface area contributed by atoms with Crippen molar-refractivity contribution in [1.29, 1.82) is 5.26 Å². The highest BCUT2D eigenvalue weighted by atomic mass is 15.2. The van der Waals surface area contributed by atoms with Crippen molar-refractivity contribution in [2.24, 2.45) is 0 Å². The Morgan fingerprint density at radius 3 is 2.86 bits per heavy atom. The first kappa shape index (κ1) is 11.5. The number of likely N-dealkylation sites (N-methyl/N-ethyl adjacent to an activating group) is 1. The highest BCUT2D eigenvalue weighted by Gasteiger charge is 2.32. The van der Waals surface area contributed by atoms with Crippen LogP contribution in [0.15, 0.2) is 0 Å². The van der Waals surface area contributed by atoms with Crippen LogP contribution in [0.3, 0.4) is 0 Å². The molecule has 1 unspecified atom stereocenters. The van der Waals surface area contributed by atoms with Gasteiger partial charge in [0.25, 0.3) is 0 Å². The summed E-state index contributed by atoms with van der Waals surface area (Å²) in [4.78, 5) is 2.45. The number of nitrogens with one attached hydrogen (secondary N) is 1. The lowest BCUT2D eigenvalue weighted by molar-refractivity contribution is 0.0863. The van der Waals surface area contributed by atoms with Gasteiger partial charge in [0.05, 0.1) is 12.5 Å². The molecule has 3 nitrogen and oxygen atoms in total. The van der Waals surface area contributed by atoms with E-state index < -0.39 is 0 Å². The van der Waals surface area contributed by atoms with Crippen LogP contribution in [0.2, 0.25) is 0 Å². The first-order valence-electron chi connectivity index (χ1n) is 5.46. The van der Waals surface area contributed by atoms with Crippen LogP contribution in [-0.2, 0) is 0 Å². The van der Waals surface area contributed by atoms with E-state index in [1.165, 1.54) is 0 Å². The first-order valence-corrected chi connectivity index (χ1v) is 5.46. The largest absolute Gasteiger partial charge is 0.315 e. The fourth-order valence-electron chi connectivity index (χ4n) is 2.38. The topological polar surface area (TPSA) is 39.1 Å². The van der Waals surface area contributed by atoms with Gasteiger partial charge in [-0.3, -0.25) is 4.90 Å². The van der Waals surface area contributed by atoms with Gasteiger partial charge >= 0.3 is 0 Å². The molecule has 3 heteroatoms. The third kappa shape index (κ3) is 2.46. The van der Waals surface area contributed by atoms with Crippen LogP contribution >= 0.6 is 0 Å². The third-order valence-corrected chi connectivity index (χ3v) is 3.18. The standard InChI is InChI=1S/C11H21N3/c1-4-14-10(5-7-12)9-13-8-6-11(14,2)3/h10,13H,4-6,8-9H2,1-3H3. The molecule has 0 aromatic heterocycles. The van der Waals surface area contributed by atoms with Crippen molar-refractivity contribution in [3.63, 3.8) is 0 Å². The summed E-state index contributed by atoms with van der Waals surface area (Å²) in [5.74, 6) is 0. The number of nitriles is 1. The molecule has 80 valence electrons.